The van der Waals surface area contributed by atoms with Gasteiger partial charge in [0.1, 0.15) is 11.4 Å². The number of rotatable bonds is 1. The number of fused-ring (bicyclic) bond motifs is 2. The third kappa shape index (κ3) is 1.29. The van der Waals surface area contributed by atoms with Gasteiger partial charge in [0, 0.05) is 25.4 Å². The molecular formula is C10H13N5O2. The van der Waals surface area contributed by atoms with Crippen molar-refractivity contribution in [1.29, 1.82) is 0 Å². The SMILES string of the molecule is NC(=O)C1CC2(CN1)C(=O)NCc1nccn12. The van der Waals surface area contributed by atoms with Crippen LogP contribution in [0.25, 0.3) is 0 Å². The molecule has 2 unspecified atom stereocenters. The summed E-state index contributed by atoms with van der Waals surface area (Å²) in [6.07, 6.45) is 3.81. The number of hydrogen-bond acceptors (Lipinski definition) is 4. The van der Waals surface area contributed by atoms with E-state index in [1.54, 1.807) is 12.4 Å². The van der Waals surface area contributed by atoms with Crippen LogP contribution < -0.4 is 16.4 Å². The molecule has 0 bridgehead atoms. The summed E-state index contributed by atoms with van der Waals surface area (Å²) < 4.78 is 1.85. The predicted octanol–water partition coefficient (Wildman–Crippen LogP) is -1.94. The van der Waals surface area contributed by atoms with Crippen LogP contribution in [0.3, 0.4) is 0 Å². The van der Waals surface area contributed by atoms with Crippen LogP contribution in [-0.2, 0) is 21.7 Å². The average molecular weight is 235 g/mol. The van der Waals surface area contributed by atoms with Crippen molar-refractivity contribution in [2.45, 2.75) is 24.5 Å². The van der Waals surface area contributed by atoms with Gasteiger partial charge in [0.05, 0.1) is 12.6 Å². The van der Waals surface area contributed by atoms with Crippen LogP contribution in [0, 0.1) is 0 Å². The normalized spacial score (nSPS) is 31.3. The van der Waals surface area contributed by atoms with E-state index < -0.39 is 17.5 Å². The highest BCUT2D eigenvalue weighted by Crippen LogP contribution is 2.31. The Morgan fingerprint density at radius 1 is 1.65 bits per heavy atom. The molecule has 1 fully saturated rings. The Hall–Kier alpha value is -1.89. The number of aromatic nitrogens is 2. The topological polar surface area (TPSA) is 102 Å². The number of carbonyl (C=O) groups is 2. The second-order valence-electron chi connectivity index (χ2n) is 4.47. The van der Waals surface area contributed by atoms with Gasteiger partial charge in [0.15, 0.2) is 0 Å². The van der Waals surface area contributed by atoms with E-state index in [0.717, 1.165) is 5.82 Å². The molecule has 4 N–H and O–H groups in total. The van der Waals surface area contributed by atoms with Crippen molar-refractivity contribution in [3.05, 3.63) is 18.2 Å². The maximum absolute atomic E-state index is 12.1. The molecule has 1 spiro atoms. The molecule has 0 aliphatic carbocycles. The van der Waals surface area contributed by atoms with E-state index in [9.17, 15) is 9.59 Å². The molecule has 90 valence electrons. The predicted molar refractivity (Wildman–Crippen MR) is 57.6 cm³/mol. The van der Waals surface area contributed by atoms with Gasteiger partial charge in [-0.3, -0.25) is 9.59 Å². The van der Waals surface area contributed by atoms with Gasteiger partial charge in [-0.05, 0) is 0 Å². The van der Waals surface area contributed by atoms with Crippen molar-refractivity contribution in [2.24, 2.45) is 5.73 Å². The highest BCUT2D eigenvalue weighted by molar-refractivity contribution is 5.89. The van der Waals surface area contributed by atoms with Crippen molar-refractivity contribution in [2.75, 3.05) is 6.54 Å². The van der Waals surface area contributed by atoms with E-state index in [1.165, 1.54) is 0 Å². The molecular weight excluding hydrogens is 222 g/mol. The fourth-order valence-electron chi connectivity index (χ4n) is 2.62. The van der Waals surface area contributed by atoms with Crippen LogP contribution in [0.15, 0.2) is 12.4 Å². The van der Waals surface area contributed by atoms with Crippen LogP contribution in [0.1, 0.15) is 12.2 Å². The van der Waals surface area contributed by atoms with Gasteiger partial charge >= 0.3 is 0 Å². The highest BCUT2D eigenvalue weighted by atomic mass is 16.2. The number of primary amides is 1. The van der Waals surface area contributed by atoms with Crippen LogP contribution >= 0.6 is 0 Å². The summed E-state index contributed by atoms with van der Waals surface area (Å²) in [7, 11) is 0. The smallest absolute Gasteiger partial charge is 0.248 e. The second-order valence-corrected chi connectivity index (χ2v) is 4.47. The van der Waals surface area contributed by atoms with Gasteiger partial charge in [-0.1, -0.05) is 0 Å². The van der Waals surface area contributed by atoms with Crippen LogP contribution in [0.2, 0.25) is 0 Å². The van der Waals surface area contributed by atoms with Crippen molar-refractivity contribution in [3.8, 4) is 0 Å². The third-order valence-corrected chi connectivity index (χ3v) is 3.53. The molecule has 3 heterocycles. The Bertz CT molecular complexity index is 497. The lowest BCUT2D eigenvalue weighted by atomic mass is 9.92. The minimum Gasteiger partial charge on any atom is -0.368 e. The zero-order chi connectivity index (χ0) is 12.0. The number of nitrogens with one attached hydrogen (secondary N) is 2. The van der Waals surface area contributed by atoms with Crippen LogP contribution in [0.4, 0.5) is 0 Å². The van der Waals surface area contributed by atoms with Crippen LogP contribution in [-0.4, -0.2) is 34.0 Å². The molecule has 7 nitrogen and oxygen atoms in total. The molecule has 1 saturated heterocycles. The lowest BCUT2D eigenvalue weighted by molar-refractivity contribution is -0.131. The number of carbonyl (C=O) groups excluding carboxylic acids is 2. The third-order valence-electron chi connectivity index (χ3n) is 3.53. The Morgan fingerprint density at radius 2 is 2.47 bits per heavy atom. The zero-order valence-electron chi connectivity index (χ0n) is 9.14. The van der Waals surface area contributed by atoms with Crippen molar-refractivity contribution < 1.29 is 9.59 Å². The van der Waals surface area contributed by atoms with Crippen molar-refractivity contribution in [1.82, 2.24) is 20.2 Å². The molecule has 2 amide bonds. The first-order valence-electron chi connectivity index (χ1n) is 5.47. The molecule has 0 aromatic carbocycles. The second kappa shape index (κ2) is 3.30. The van der Waals surface area contributed by atoms with E-state index in [1.807, 2.05) is 4.57 Å². The summed E-state index contributed by atoms with van der Waals surface area (Å²) in [6, 6.07) is -0.464. The van der Waals surface area contributed by atoms with Crippen LogP contribution in [0.5, 0.6) is 0 Å². The van der Waals surface area contributed by atoms with E-state index in [2.05, 4.69) is 15.6 Å². The Morgan fingerprint density at radius 3 is 3.18 bits per heavy atom. The zero-order valence-corrected chi connectivity index (χ0v) is 9.14. The standard InChI is InChI=1S/C10H13N5O2/c11-8(16)6-3-10(5-14-6)9(17)13-4-7-12-1-2-15(7)10/h1-2,6,14H,3-5H2,(H2,11,16)(H,13,17). The van der Waals surface area contributed by atoms with E-state index >= 15 is 0 Å². The molecule has 2 aliphatic rings. The van der Waals surface area contributed by atoms with E-state index in [4.69, 9.17) is 5.73 Å². The van der Waals surface area contributed by atoms with Crippen molar-refractivity contribution >= 4 is 11.8 Å². The van der Waals surface area contributed by atoms with Gasteiger partial charge in [-0.2, -0.15) is 0 Å². The Kier molecular flexibility index (Phi) is 1.99. The number of imidazole rings is 1. The van der Waals surface area contributed by atoms with Crippen molar-refractivity contribution in [3.63, 3.8) is 0 Å². The lowest BCUT2D eigenvalue weighted by Gasteiger charge is -2.34. The monoisotopic (exact) mass is 235 g/mol. The molecule has 17 heavy (non-hydrogen) atoms. The number of hydrogen-bond donors (Lipinski definition) is 3. The summed E-state index contributed by atoms with van der Waals surface area (Å²) in [5.74, 6) is 0.290. The van der Waals surface area contributed by atoms with Gasteiger partial charge in [0.25, 0.3) is 0 Å². The minimum atomic E-state index is -0.760. The maximum atomic E-state index is 12.1. The summed E-state index contributed by atoms with van der Waals surface area (Å²) >= 11 is 0. The maximum Gasteiger partial charge on any atom is 0.248 e. The number of nitrogens with zero attached hydrogens (tertiary/aromatic N) is 2. The highest BCUT2D eigenvalue weighted by Gasteiger charge is 2.50. The molecule has 2 aliphatic heterocycles. The Balaban J connectivity index is 2.03. The minimum absolute atomic E-state index is 0.0840. The number of nitrogens with two attached hydrogens (primary N) is 1. The summed E-state index contributed by atoms with van der Waals surface area (Å²) in [5, 5.41) is 5.80. The largest absolute Gasteiger partial charge is 0.368 e. The fourth-order valence-corrected chi connectivity index (χ4v) is 2.62. The first-order chi connectivity index (χ1) is 8.13. The summed E-state index contributed by atoms with van der Waals surface area (Å²) in [6.45, 7) is 0.824. The molecule has 1 aromatic heterocycles. The molecule has 1 aromatic rings. The Labute approximate surface area is 97.4 Å². The first kappa shape index (κ1) is 10.3. The van der Waals surface area contributed by atoms with E-state index in [-0.39, 0.29) is 5.91 Å². The van der Waals surface area contributed by atoms with E-state index in [0.29, 0.717) is 19.5 Å². The van der Waals surface area contributed by atoms with Gasteiger partial charge in [0.2, 0.25) is 11.8 Å². The molecule has 0 radical (unpaired) electrons. The molecule has 0 saturated carbocycles. The first-order valence-corrected chi connectivity index (χ1v) is 5.47. The van der Waals surface area contributed by atoms with Gasteiger partial charge < -0.3 is 20.9 Å². The molecule has 7 heteroatoms. The number of amides is 2. The average Bonchev–Trinajstić information content (AvgIpc) is 2.92. The van der Waals surface area contributed by atoms with Gasteiger partial charge in [-0.15, -0.1) is 0 Å². The van der Waals surface area contributed by atoms with Gasteiger partial charge in [-0.25, -0.2) is 4.98 Å². The summed E-state index contributed by atoms with van der Waals surface area (Å²) in [5.41, 5.74) is 4.51. The quantitative estimate of drug-likeness (QED) is 0.526. The fraction of sp³-hybridized carbons (Fsp3) is 0.500. The summed E-state index contributed by atoms with van der Waals surface area (Å²) in [4.78, 5) is 27.5. The molecule has 3 rings (SSSR count). The molecule has 2 atom stereocenters. The lowest BCUT2D eigenvalue weighted by Crippen LogP contribution is -2.54.